The van der Waals surface area contributed by atoms with Gasteiger partial charge in [0.25, 0.3) is 5.91 Å². The van der Waals surface area contributed by atoms with Gasteiger partial charge in [-0.2, -0.15) is 0 Å². The van der Waals surface area contributed by atoms with Gasteiger partial charge in [0.15, 0.2) is 0 Å². The number of ketones is 1. The van der Waals surface area contributed by atoms with Gasteiger partial charge in [-0.05, 0) is 30.7 Å². The summed E-state index contributed by atoms with van der Waals surface area (Å²) in [4.78, 5) is 25.4. The number of carbonyl (C=O) groups is 2. The first-order chi connectivity index (χ1) is 9.58. The Morgan fingerprint density at radius 3 is 2.30 bits per heavy atom. The summed E-state index contributed by atoms with van der Waals surface area (Å²) in [6.07, 6.45) is 3.05. The number of piperidine rings is 1. The zero-order chi connectivity index (χ0) is 14.5. The Labute approximate surface area is 121 Å². The van der Waals surface area contributed by atoms with Gasteiger partial charge < -0.3 is 4.90 Å². The predicted octanol–water partition coefficient (Wildman–Crippen LogP) is 2.69. The van der Waals surface area contributed by atoms with Crippen LogP contribution in [0.4, 0.5) is 0 Å². The van der Waals surface area contributed by atoms with Crippen LogP contribution in [-0.2, 0) is 16.0 Å². The van der Waals surface area contributed by atoms with Crippen molar-refractivity contribution in [3.63, 3.8) is 0 Å². The van der Waals surface area contributed by atoms with E-state index in [-0.39, 0.29) is 17.6 Å². The number of hydrogen-bond donors (Lipinski definition) is 0. The molecule has 0 bridgehead atoms. The molecule has 20 heavy (non-hydrogen) atoms. The van der Waals surface area contributed by atoms with Gasteiger partial charge in [-0.15, -0.1) is 0 Å². The first kappa shape index (κ1) is 14.8. The highest BCUT2D eigenvalue weighted by molar-refractivity contribution is 6.36. The van der Waals surface area contributed by atoms with Gasteiger partial charge >= 0.3 is 0 Å². The standard InChI is InChI=1S/C17H23NO2/c1-13(2)16(19)17(20)18-10-8-15(9-11-18)12-14-6-4-3-5-7-14/h3-7,13,15H,8-12H2,1-2H3. The van der Waals surface area contributed by atoms with Crippen molar-refractivity contribution in [2.75, 3.05) is 13.1 Å². The Balaban J connectivity index is 1.83. The van der Waals surface area contributed by atoms with Gasteiger partial charge in [0.05, 0.1) is 0 Å². The molecule has 1 amide bonds. The number of rotatable bonds is 4. The van der Waals surface area contributed by atoms with E-state index in [0.717, 1.165) is 32.4 Å². The first-order valence-corrected chi connectivity index (χ1v) is 7.45. The van der Waals surface area contributed by atoms with E-state index in [0.29, 0.717) is 5.92 Å². The van der Waals surface area contributed by atoms with Gasteiger partial charge in [0, 0.05) is 19.0 Å². The number of likely N-dealkylation sites (tertiary alicyclic amines) is 1. The van der Waals surface area contributed by atoms with E-state index in [1.807, 2.05) is 6.07 Å². The van der Waals surface area contributed by atoms with Crippen LogP contribution in [0, 0.1) is 11.8 Å². The molecule has 0 N–H and O–H groups in total. The molecule has 1 heterocycles. The molecule has 0 aliphatic carbocycles. The molecule has 1 aliphatic rings. The largest absolute Gasteiger partial charge is 0.336 e. The van der Waals surface area contributed by atoms with Gasteiger partial charge in [0.2, 0.25) is 5.78 Å². The van der Waals surface area contributed by atoms with Crippen LogP contribution in [0.1, 0.15) is 32.3 Å². The van der Waals surface area contributed by atoms with Crippen molar-refractivity contribution in [3.8, 4) is 0 Å². The van der Waals surface area contributed by atoms with E-state index < -0.39 is 0 Å². The number of Topliss-reactive ketones (excluding diaryl/α,β-unsaturated/α-hetero) is 1. The van der Waals surface area contributed by atoms with Crippen molar-refractivity contribution in [3.05, 3.63) is 35.9 Å². The summed E-state index contributed by atoms with van der Waals surface area (Å²) in [6, 6.07) is 10.5. The highest BCUT2D eigenvalue weighted by atomic mass is 16.2. The van der Waals surface area contributed by atoms with E-state index in [1.54, 1.807) is 18.7 Å². The molecule has 108 valence electrons. The Morgan fingerprint density at radius 1 is 1.15 bits per heavy atom. The van der Waals surface area contributed by atoms with Gasteiger partial charge in [-0.25, -0.2) is 0 Å². The van der Waals surface area contributed by atoms with Gasteiger partial charge in [-0.1, -0.05) is 44.2 Å². The van der Waals surface area contributed by atoms with E-state index in [2.05, 4.69) is 24.3 Å². The van der Waals surface area contributed by atoms with Crippen LogP contribution >= 0.6 is 0 Å². The summed E-state index contributed by atoms with van der Waals surface area (Å²) in [6.45, 7) is 4.99. The highest BCUT2D eigenvalue weighted by Gasteiger charge is 2.28. The molecule has 0 radical (unpaired) electrons. The van der Waals surface area contributed by atoms with Gasteiger partial charge in [-0.3, -0.25) is 9.59 Å². The lowest BCUT2D eigenvalue weighted by Crippen LogP contribution is -2.43. The molecule has 1 aromatic carbocycles. The lowest BCUT2D eigenvalue weighted by molar-refractivity contribution is -0.147. The average molecular weight is 273 g/mol. The van der Waals surface area contributed by atoms with E-state index in [1.165, 1.54) is 5.56 Å². The van der Waals surface area contributed by atoms with E-state index in [4.69, 9.17) is 0 Å². The molecule has 0 spiro atoms. The topological polar surface area (TPSA) is 37.4 Å². The SMILES string of the molecule is CC(C)C(=O)C(=O)N1CCC(Cc2ccccc2)CC1. The van der Waals surface area contributed by atoms with Crippen molar-refractivity contribution in [1.82, 2.24) is 4.90 Å². The molecule has 1 fully saturated rings. The third-order valence-electron chi connectivity index (χ3n) is 4.00. The van der Waals surface area contributed by atoms with Crippen molar-refractivity contribution < 1.29 is 9.59 Å². The predicted molar refractivity (Wildman–Crippen MR) is 79.3 cm³/mol. The van der Waals surface area contributed by atoms with Crippen molar-refractivity contribution in [1.29, 1.82) is 0 Å². The first-order valence-electron chi connectivity index (χ1n) is 7.45. The molecule has 1 aromatic rings. The molecule has 2 rings (SSSR count). The second-order valence-corrected chi connectivity index (χ2v) is 5.94. The Bertz CT molecular complexity index is 459. The summed E-state index contributed by atoms with van der Waals surface area (Å²) in [7, 11) is 0. The van der Waals surface area contributed by atoms with Crippen molar-refractivity contribution in [2.45, 2.75) is 33.1 Å². The number of carbonyl (C=O) groups excluding carboxylic acids is 2. The summed E-state index contributed by atoms with van der Waals surface area (Å²) < 4.78 is 0. The lowest BCUT2D eigenvalue weighted by atomic mass is 9.90. The quantitative estimate of drug-likeness (QED) is 0.791. The monoisotopic (exact) mass is 273 g/mol. The van der Waals surface area contributed by atoms with Crippen molar-refractivity contribution >= 4 is 11.7 Å². The molecular formula is C17H23NO2. The summed E-state index contributed by atoms with van der Waals surface area (Å²) in [5.74, 6) is -0.134. The van der Waals surface area contributed by atoms with Crippen LogP contribution in [0.3, 0.4) is 0 Å². The minimum Gasteiger partial charge on any atom is -0.336 e. The maximum Gasteiger partial charge on any atom is 0.290 e. The minimum absolute atomic E-state index is 0.204. The third-order valence-corrected chi connectivity index (χ3v) is 4.00. The fraction of sp³-hybridized carbons (Fsp3) is 0.529. The number of hydrogen-bond acceptors (Lipinski definition) is 2. The third kappa shape index (κ3) is 3.69. The zero-order valence-corrected chi connectivity index (χ0v) is 12.3. The zero-order valence-electron chi connectivity index (χ0n) is 12.3. The highest BCUT2D eigenvalue weighted by Crippen LogP contribution is 2.22. The summed E-state index contributed by atoms with van der Waals surface area (Å²) >= 11 is 0. The smallest absolute Gasteiger partial charge is 0.290 e. The molecule has 0 atom stereocenters. The van der Waals surface area contributed by atoms with Crippen molar-refractivity contribution in [2.24, 2.45) is 11.8 Å². The molecule has 1 aliphatic heterocycles. The number of benzene rings is 1. The Morgan fingerprint density at radius 2 is 1.75 bits per heavy atom. The maximum atomic E-state index is 12.0. The molecule has 0 saturated carbocycles. The fourth-order valence-electron chi connectivity index (χ4n) is 2.69. The lowest BCUT2D eigenvalue weighted by Gasteiger charge is -2.32. The average Bonchev–Trinajstić information content (AvgIpc) is 2.47. The molecule has 3 heteroatoms. The molecular weight excluding hydrogens is 250 g/mol. The fourth-order valence-corrected chi connectivity index (χ4v) is 2.69. The summed E-state index contributed by atoms with van der Waals surface area (Å²) in [5.41, 5.74) is 1.36. The van der Waals surface area contributed by atoms with Gasteiger partial charge in [0.1, 0.15) is 0 Å². The maximum absolute atomic E-state index is 12.0. The molecule has 0 unspecified atom stereocenters. The normalized spacial score (nSPS) is 16.4. The second kappa shape index (κ2) is 6.69. The molecule has 1 saturated heterocycles. The number of nitrogens with zero attached hydrogens (tertiary/aromatic N) is 1. The van der Waals surface area contributed by atoms with Crippen LogP contribution < -0.4 is 0 Å². The van der Waals surface area contributed by atoms with E-state index >= 15 is 0 Å². The molecule has 3 nitrogen and oxygen atoms in total. The summed E-state index contributed by atoms with van der Waals surface area (Å²) in [5, 5.41) is 0. The van der Waals surface area contributed by atoms with E-state index in [9.17, 15) is 9.59 Å². The van der Waals surface area contributed by atoms with Crippen LogP contribution in [0.2, 0.25) is 0 Å². The Hall–Kier alpha value is -1.64. The van der Waals surface area contributed by atoms with Crippen LogP contribution in [-0.4, -0.2) is 29.7 Å². The second-order valence-electron chi connectivity index (χ2n) is 5.94. The van der Waals surface area contributed by atoms with Crippen LogP contribution in [0.15, 0.2) is 30.3 Å². The Kier molecular flexibility index (Phi) is 4.94. The minimum atomic E-state index is -0.293. The van der Waals surface area contributed by atoms with Crippen LogP contribution in [0.5, 0.6) is 0 Å². The molecule has 0 aromatic heterocycles. The number of amides is 1. The van der Waals surface area contributed by atoms with Crippen LogP contribution in [0.25, 0.3) is 0 Å².